The summed E-state index contributed by atoms with van der Waals surface area (Å²) in [5, 5.41) is 0. The van der Waals surface area contributed by atoms with Gasteiger partial charge >= 0.3 is 5.97 Å². The van der Waals surface area contributed by atoms with Gasteiger partial charge in [0.25, 0.3) is 0 Å². The highest BCUT2D eigenvalue weighted by Gasteiger charge is 2.21. The highest BCUT2D eigenvalue weighted by molar-refractivity contribution is 5.98. The van der Waals surface area contributed by atoms with Gasteiger partial charge in [-0.25, -0.2) is 4.79 Å². The van der Waals surface area contributed by atoms with E-state index in [0.29, 0.717) is 5.57 Å². The lowest BCUT2D eigenvalue weighted by Crippen LogP contribution is -2.04. The van der Waals surface area contributed by atoms with Crippen LogP contribution in [0.5, 0.6) is 0 Å². The Labute approximate surface area is 70.5 Å². The van der Waals surface area contributed by atoms with Gasteiger partial charge in [-0.1, -0.05) is 24.3 Å². The summed E-state index contributed by atoms with van der Waals surface area (Å²) in [7, 11) is 1.39. The van der Waals surface area contributed by atoms with Crippen LogP contribution in [-0.4, -0.2) is 13.1 Å². The minimum atomic E-state index is -0.267. The van der Waals surface area contributed by atoms with Crippen LogP contribution < -0.4 is 0 Å². The first-order valence-corrected chi connectivity index (χ1v) is 3.72. The van der Waals surface area contributed by atoms with Gasteiger partial charge in [-0.15, -0.1) is 0 Å². The third-order valence-corrected chi connectivity index (χ3v) is 1.97. The molecule has 2 aliphatic carbocycles. The first-order chi connectivity index (χ1) is 5.83. The second-order valence-corrected chi connectivity index (χ2v) is 2.63. The Bertz CT molecular complexity index is 354. The molecule has 2 heteroatoms. The molecule has 2 aliphatic rings. The van der Waals surface area contributed by atoms with Crippen molar-refractivity contribution < 1.29 is 9.53 Å². The zero-order chi connectivity index (χ0) is 8.55. The lowest BCUT2D eigenvalue weighted by Gasteiger charge is -2.01. The summed E-state index contributed by atoms with van der Waals surface area (Å²) >= 11 is 0. The van der Waals surface area contributed by atoms with E-state index in [-0.39, 0.29) is 5.97 Å². The normalized spacial score (nSPS) is 18.2. The summed E-state index contributed by atoms with van der Waals surface area (Å²) in [5.74, 6) is -0.267. The molecular formula is C10H8O2. The minimum absolute atomic E-state index is 0.267. The molecule has 0 saturated heterocycles. The van der Waals surface area contributed by atoms with E-state index in [1.54, 1.807) is 6.08 Å². The topological polar surface area (TPSA) is 26.3 Å². The van der Waals surface area contributed by atoms with Gasteiger partial charge in [-0.2, -0.15) is 0 Å². The van der Waals surface area contributed by atoms with Crippen molar-refractivity contribution in [1.29, 1.82) is 0 Å². The second kappa shape index (κ2) is 2.48. The molecule has 0 heterocycles. The third kappa shape index (κ3) is 0.848. The lowest BCUT2D eigenvalue weighted by molar-refractivity contribution is -0.135. The predicted molar refractivity (Wildman–Crippen MR) is 45.4 cm³/mol. The van der Waals surface area contributed by atoms with Crippen LogP contribution in [0.3, 0.4) is 0 Å². The maximum absolute atomic E-state index is 11.2. The van der Waals surface area contributed by atoms with Crippen molar-refractivity contribution in [1.82, 2.24) is 0 Å². The largest absolute Gasteiger partial charge is 0.465 e. The van der Waals surface area contributed by atoms with E-state index in [1.165, 1.54) is 7.11 Å². The minimum Gasteiger partial charge on any atom is -0.465 e. The van der Waals surface area contributed by atoms with E-state index in [9.17, 15) is 4.79 Å². The van der Waals surface area contributed by atoms with Crippen LogP contribution in [0.15, 0.2) is 47.1 Å². The Kier molecular flexibility index (Phi) is 1.47. The Morgan fingerprint density at radius 1 is 1.33 bits per heavy atom. The zero-order valence-electron chi connectivity index (χ0n) is 6.70. The van der Waals surface area contributed by atoms with Gasteiger partial charge in [-0.3, -0.25) is 0 Å². The number of carbonyl (C=O) groups is 1. The first-order valence-electron chi connectivity index (χ1n) is 3.72. The molecule has 0 radical (unpaired) electrons. The van der Waals surface area contributed by atoms with Gasteiger partial charge in [0.15, 0.2) is 0 Å². The van der Waals surface area contributed by atoms with Gasteiger partial charge in [-0.05, 0) is 17.2 Å². The number of methoxy groups -OCH3 is 1. The fourth-order valence-electron chi connectivity index (χ4n) is 1.38. The average molecular weight is 160 g/mol. The van der Waals surface area contributed by atoms with Crippen molar-refractivity contribution in [3.05, 3.63) is 47.1 Å². The summed E-state index contributed by atoms with van der Waals surface area (Å²) in [6, 6.07) is 0. The molecule has 0 aliphatic heterocycles. The molecule has 2 rings (SSSR count). The quantitative estimate of drug-likeness (QED) is 0.543. The van der Waals surface area contributed by atoms with Gasteiger partial charge in [0.2, 0.25) is 0 Å². The molecule has 0 aromatic heterocycles. The highest BCUT2D eigenvalue weighted by atomic mass is 16.5. The maximum atomic E-state index is 11.2. The number of ether oxygens (including phenoxy) is 1. The van der Waals surface area contributed by atoms with Crippen molar-refractivity contribution in [2.24, 2.45) is 0 Å². The van der Waals surface area contributed by atoms with Gasteiger partial charge in [0, 0.05) is 0 Å². The molecule has 0 aromatic rings. The van der Waals surface area contributed by atoms with Crippen molar-refractivity contribution in [2.75, 3.05) is 7.11 Å². The molecule has 0 spiro atoms. The SMILES string of the molecule is COC(=O)C1=CC=C2C=CC=C21. The number of allylic oxidation sites excluding steroid dienone is 6. The van der Waals surface area contributed by atoms with Crippen LogP contribution in [0.4, 0.5) is 0 Å². The number of esters is 1. The summed E-state index contributed by atoms with van der Waals surface area (Å²) < 4.78 is 4.63. The number of hydrogen-bond donors (Lipinski definition) is 0. The number of carbonyl (C=O) groups excluding carboxylic acids is 1. The standard InChI is InChI=1S/C10H8O2/c1-12-10(11)9-6-5-7-3-2-4-8(7)9/h2-6H,1H3. The molecule has 60 valence electrons. The summed E-state index contributed by atoms with van der Waals surface area (Å²) in [5.41, 5.74) is 2.72. The number of hydrogen-bond acceptors (Lipinski definition) is 2. The molecular weight excluding hydrogens is 152 g/mol. The Morgan fingerprint density at radius 2 is 2.17 bits per heavy atom. The molecule has 0 amide bonds. The highest BCUT2D eigenvalue weighted by Crippen LogP contribution is 2.31. The molecule has 0 saturated carbocycles. The van der Waals surface area contributed by atoms with Gasteiger partial charge in [0.1, 0.15) is 0 Å². The monoisotopic (exact) mass is 160 g/mol. The van der Waals surface area contributed by atoms with Gasteiger partial charge in [0.05, 0.1) is 12.7 Å². The first kappa shape index (κ1) is 7.10. The Balaban J connectivity index is 2.30. The van der Waals surface area contributed by atoms with Gasteiger partial charge < -0.3 is 4.74 Å². The smallest absolute Gasteiger partial charge is 0.338 e. The third-order valence-electron chi connectivity index (χ3n) is 1.97. The van der Waals surface area contributed by atoms with Crippen molar-refractivity contribution >= 4 is 5.97 Å². The number of rotatable bonds is 1. The molecule has 0 aromatic carbocycles. The second-order valence-electron chi connectivity index (χ2n) is 2.63. The fourth-order valence-corrected chi connectivity index (χ4v) is 1.38. The van der Waals surface area contributed by atoms with Crippen molar-refractivity contribution in [2.45, 2.75) is 0 Å². The summed E-state index contributed by atoms with van der Waals surface area (Å²) in [6.07, 6.45) is 9.53. The molecule has 0 bridgehead atoms. The zero-order valence-corrected chi connectivity index (χ0v) is 6.70. The Hall–Kier alpha value is -1.57. The van der Waals surface area contributed by atoms with Crippen LogP contribution in [0.1, 0.15) is 0 Å². The Morgan fingerprint density at radius 3 is 2.92 bits per heavy atom. The predicted octanol–water partition coefficient (Wildman–Crippen LogP) is 1.52. The summed E-state index contributed by atoms with van der Waals surface area (Å²) in [6.45, 7) is 0. The van der Waals surface area contributed by atoms with Crippen LogP contribution >= 0.6 is 0 Å². The average Bonchev–Trinajstić information content (AvgIpc) is 2.62. The molecule has 0 N–H and O–H groups in total. The molecule has 12 heavy (non-hydrogen) atoms. The van der Waals surface area contributed by atoms with E-state index < -0.39 is 0 Å². The van der Waals surface area contributed by atoms with E-state index in [0.717, 1.165) is 11.1 Å². The van der Waals surface area contributed by atoms with E-state index in [1.807, 2.05) is 24.3 Å². The van der Waals surface area contributed by atoms with Crippen LogP contribution in [0.2, 0.25) is 0 Å². The lowest BCUT2D eigenvalue weighted by atomic mass is 10.1. The van der Waals surface area contributed by atoms with Crippen molar-refractivity contribution in [3.63, 3.8) is 0 Å². The maximum Gasteiger partial charge on any atom is 0.338 e. The van der Waals surface area contributed by atoms with Crippen molar-refractivity contribution in [3.8, 4) is 0 Å². The van der Waals surface area contributed by atoms with E-state index in [4.69, 9.17) is 0 Å². The summed E-state index contributed by atoms with van der Waals surface area (Å²) in [4.78, 5) is 11.2. The number of fused-ring (bicyclic) bond motifs is 1. The fraction of sp³-hybridized carbons (Fsp3) is 0.100. The van der Waals surface area contributed by atoms with Crippen LogP contribution in [0, 0.1) is 0 Å². The van der Waals surface area contributed by atoms with E-state index in [2.05, 4.69) is 4.74 Å². The molecule has 0 atom stereocenters. The molecule has 0 unspecified atom stereocenters. The molecule has 2 nitrogen and oxygen atoms in total. The van der Waals surface area contributed by atoms with E-state index >= 15 is 0 Å². The van der Waals surface area contributed by atoms with Crippen LogP contribution in [-0.2, 0) is 9.53 Å². The van der Waals surface area contributed by atoms with Crippen LogP contribution in [0.25, 0.3) is 0 Å². The molecule has 0 fully saturated rings.